The van der Waals surface area contributed by atoms with E-state index >= 15 is 0 Å². The van der Waals surface area contributed by atoms with Crippen molar-refractivity contribution in [2.45, 2.75) is 26.2 Å². The number of allylic oxidation sites excluding steroid dienone is 1. The van der Waals surface area contributed by atoms with Crippen LogP contribution in [0.15, 0.2) is 73.1 Å². The van der Waals surface area contributed by atoms with Crippen molar-refractivity contribution in [3.05, 3.63) is 89.7 Å². The van der Waals surface area contributed by atoms with E-state index in [1.54, 1.807) is 0 Å². The summed E-state index contributed by atoms with van der Waals surface area (Å²) in [5, 5.41) is 9.55. The molecule has 0 saturated carbocycles. The quantitative estimate of drug-likeness (QED) is 0.439. The molecule has 0 aliphatic heterocycles. The van der Waals surface area contributed by atoms with Crippen LogP contribution in [-0.4, -0.2) is 4.57 Å². The average Bonchev–Trinajstić information content (AvgIpc) is 3.14. The smallest absolute Gasteiger partial charge is 0.0998 e. The summed E-state index contributed by atoms with van der Waals surface area (Å²) in [7, 11) is 0. The summed E-state index contributed by atoms with van der Waals surface area (Å²) < 4.78 is 2.05. The van der Waals surface area contributed by atoms with Crippen LogP contribution < -0.4 is 0 Å². The summed E-state index contributed by atoms with van der Waals surface area (Å²) in [4.78, 5) is 0. The zero-order valence-electron chi connectivity index (χ0n) is 14.9. The Morgan fingerprint density at radius 1 is 0.920 bits per heavy atom. The predicted octanol–water partition coefficient (Wildman–Crippen LogP) is 5.84. The Morgan fingerprint density at radius 3 is 2.04 bits per heavy atom. The van der Waals surface area contributed by atoms with Gasteiger partial charge in [0.15, 0.2) is 0 Å². The molecule has 3 aromatic rings. The molecule has 25 heavy (non-hydrogen) atoms. The standard InChI is InChI=1S/C23H22N2/c1-23(2,3)21-10-6-18(7-11-21)16-20(17-24)19-8-12-22(13-9-19)25-14-4-5-15-25/h4-16H,1-3H3/b20-16+. The molecular weight excluding hydrogens is 304 g/mol. The number of rotatable bonds is 3. The third kappa shape index (κ3) is 3.89. The van der Waals surface area contributed by atoms with E-state index in [-0.39, 0.29) is 5.41 Å². The van der Waals surface area contributed by atoms with Gasteiger partial charge in [0.1, 0.15) is 0 Å². The third-order valence-electron chi connectivity index (χ3n) is 4.29. The maximum atomic E-state index is 9.55. The lowest BCUT2D eigenvalue weighted by Crippen LogP contribution is -2.10. The number of nitrogens with zero attached hydrogens (tertiary/aromatic N) is 2. The van der Waals surface area contributed by atoms with Crippen molar-refractivity contribution in [1.29, 1.82) is 5.26 Å². The summed E-state index contributed by atoms with van der Waals surface area (Å²) >= 11 is 0. The number of hydrogen-bond donors (Lipinski definition) is 0. The van der Waals surface area contributed by atoms with Gasteiger partial charge in [0, 0.05) is 18.1 Å². The summed E-state index contributed by atoms with van der Waals surface area (Å²) in [5.41, 5.74) is 5.15. The Balaban J connectivity index is 1.87. The van der Waals surface area contributed by atoms with Crippen LogP contribution in [0.3, 0.4) is 0 Å². The Bertz CT molecular complexity index is 898. The molecule has 2 aromatic carbocycles. The van der Waals surface area contributed by atoms with Crippen LogP contribution >= 0.6 is 0 Å². The first-order valence-electron chi connectivity index (χ1n) is 8.43. The SMILES string of the molecule is CC(C)(C)c1ccc(/C=C(\C#N)c2ccc(-n3cccc3)cc2)cc1. The largest absolute Gasteiger partial charge is 0.324 e. The zero-order chi connectivity index (χ0) is 17.9. The highest BCUT2D eigenvalue weighted by Crippen LogP contribution is 2.24. The van der Waals surface area contributed by atoms with E-state index in [1.165, 1.54) is 5.56 Å². The molecule has 0 radical (unpaired) electrons. The molecule has 124 valence electrons. The zero-order valence-corrected chi connectivity index (χ0v) is 14.9. The Hall–Kier alpha value is -3.05. The minimum atomic E-state index is 0.134. The highest BCUT2D eigenvalue weighted by atomic mass is 14.9. The van der Waals surface area contributed by atoms with Crippen LogP contribution in [0.2, 0.25) is 0 Å². The molecule has 1 heterocycles. The van der Waals surface area contributed by atoms with Crippen LogP contribution in [0, 0.1) is 11.3 Å². The average molecular weight is 326 g/mol. The molecule has 0 atom stereocenters. The second-order valence-corrected chi connectivity index (χ2v) is 7.18. The second kappa shape index (κ2) is 6.83. The molecule has 0 saturated heterocycles. The highest BCUT2D eigenvalue weighted by Gasteiger charge is 2.12. The fourth-order valence-electron chi connectivity index (χ4n) is 2.75. The maximum absolute atomic E-state index is 9.55. The van der Waals surface area contributed by atoms with Gasteiger partial charge in [-0.1, -0.05) is 57.2 Å². The van der Waals surface area contributed by atoms with Gasteiger partial charge in [-0.2, -0.15) is 5.26 Å². The first-order chi connectivity index (χ1) is 12.0. The molecule has 3 rings (SSSR count). The molecule has 0 bridgehead atoms. The van der Waals surface area contributed by atoms with Crippen molar-refractivity contribution in [2.75, 3.05) is 0 Å². The Kier molecular flexibility index (Phi) is 4.59. The van der Waals surface area contributed by atoms with E-state index in [1.807, 2.05) is 59.4 Å². The first kappa shape index (κ1) is 16.8. The lowest BCUT2D eigenvalue weighted by Gasteiger charge is -2.18. The van der Waals surface area contributed by atoms with Crippen molar-refractivity contribution in [3.63, 3.8) is 0 Å². The molecule has 2 nitrogen and oxygen atoms in total. The highest BCUT2D eigenvalue weighted by molar-refractivity contribution is 5.89. The van der Waals surface area contributed by atoms with E-state index in [0.717, 1.165) is 16.8 Å². The number of hydrogen-bond acceptors (Lipinski definition) is 1. The van der Waals surface area contributed by atoms with E-state index < -0.39 is 0 Å². The van der Waals surface area contributed by atoms with E-state index in [2.05, 4.69) is 51.1 Å². The molecule has 0 spiro atoms. The van der Waals surface area contributed by atoms with Crippen molar-refractivity contribution in [3.8, 4) is 11.8 Å². The van der Waals surface area contributed by atoms with E-state index in [4.69, 9.17) is 0 Å². The molecule has 1 aromatic heterocycles. The van der Waals surface area contributed by atoms with Crippen molar-refractivity contribution in [2.24, 2.45) is 0 Å². The van der Waals surface area contributed by atoms with Crippen LogP contribution in [0.5, 0.6) is 0 Å². The lowest BCUT2D eigenvalue weighted by molar-refractivity contribution is 0.590. The lowest BCUT2D eigenvalue weighted by atomic mass is 9.86. The Morgan fingerprint density at radius 2 is 1.52 bits per heavy atom. The van der Waals surface area contributed by atoms with Gasteiger partial charge >= 0.3 is 0 Å². The minimum Gasteiger partial charge on any atom is -0.324 e. The van der Waals surface area contributed by atoms with Crippen LogP contribution in [0.25, 0.3) is 17.3 Å². The monoisotopic (exact) mass is 326 g/mol. The van der Waals surface area contributed by atoms with Gasteiger partial charge in [0.2, 0.25) is 0 Å². The van der Waals surface area contributed by atoms with Gasteiger partial charge in [-0.3, -0.25) is 0 Å². The molecule has 0 unspecified atom stereocenters. The van der Waals surface area contributed by atoms with E-state index in [9.17, 15) is 5.26 Å². The predicted molar refractivity (Wildman–Crippen MR) is 104 cm³/mol. The molecule has 2 heteroatoms. The van der Waals surface area contributed by atoms with E-state index in [0.29, 0.717) is 5.57 Å². The van der Waals surface area contributed by atoms with Gasteiger partial charge in [0.05, 0.1) is 11.6 Å². The molecule has 0 N–H and O–H groups in total. The summed E-state index contributed by atoms with van der Waals surface area (Å²) in [6.45, 7) is 6.60. The third-order valence-corrected chi connectivity index (χ3v) is 4.29. The molecule has 0 fully saturated rings. The summed E-state index contributed by atoms with van der Waals surface area (Å²) in [6, 6.07) is 22.8. The van der Waals surface area contributed by atoms with Crippen LogP contribution in [-0.2, 0) is 5.41 Å². The Labute approximate surface area is 149 Å². The van der Waals surface area contributed by atoms with Gasteiger partial charge < -0.3 is 4.57 Å². The number of benzene rings is 2. The van der Waals surface area contributed by atoms with Gasteiger partial charge in [-0.25, -0.2) is 0 Å². The van der Waals surface area contributed by atoms with Crippen LogP contribution in [0.4, 0.5) is 0 Å². The number of aromatic nitrogens is 1. The molecular formula is C23H22N2. The van der Waals surface area contributed by atoms with Crippen molar-refractivity contribution >= 4 is 11.6 Å². The first-order valence-corrected chi connectivity index (χ1v) is 8.43. The minimum absolute atomic E-state index is 0.134. The van der Waals surface area contributed by atoms with Crippen molar-refractivity contribution < 1.29 is 0 Å². The fourth-order valence-corrected chi connectivity index (χ4v) is 2.75. The second-order valence-electron chi connectivity index (χ2n) is 7.18. The molecule has 0 aliphatic rings. The number of nitriles is 1. The summed E-state index contributed by atoms with van der Waals surface area (Å²) in [6.07, 6.45) is 5.96. The topological polar surface area (TPSA) is 28.7 Å². The maximum Gasteiger partial charge on any atom is 0.0998 e. The van der Waals surface area contributed by atoms with Crippen molar-refractivity contribution in [1.82, 2.24) is 4.57 Å². The van der Waals surface area contributed by atoms with Crippen LogP contribution in [0.1, 0.15) is 37.5 Å². The fraction of sp³-hybridized carbons (Fsp3) is 0.174. The summed E-state index contributed by atoms with van der Waals surface area (Å²) in [5.74, 6) is 0. The molecule has 0 aliphatic carbocycles. The van der Waals surface area contributed by atoms with Gasteiger partial charge in [-0.15, -0.1) is 0 Å². The normalized spacial score (nSPS) is 12.0. The molecule has 0 amide bonds. The van der Waals surface area contributed by atoms with Gasteiger partial charge in [0.25, 0.3) is 0 Å². The van der Waals surface area contributed by atoms with Gasteiger partial charge in [-0.05, 0) is 52.4 Å².